The van der Waals surface area contributed by atoms with Gasteiger partial charge in [0, 0.05) is 12.5 Å². The van der Waals surface area contributed by atoms with E-state index in [0.29, 0.717) is 0 Å². The van der Waals surface area contributed by atoms with Crippen molar-refractivity contribution in [2.75, 3.05) is 0 Å². The van der Waals surface area contributed by atoms with Crippen molar-refractivity contribution in [3.8, 4) is 0 Å². The van der Waals surface area contributed by atoms with E-state index in [2.05, 4.69) is 0 Å². The summed E-state index contributed by atoms with van der Waals surface area (Å²) in [5, 5.41) is 22.0. The van der Waals surface area contributed by atoms with Gasteiger partial charge in [0.05, 0.1) is 10.5 Å². The highest BCUT2D eigenvalue weighted by atomic mass is 19.1. The van der Waals surface area contributed by atoms with E-state index in [1.807, 2.05) is 0 Å². The fourth-order valence-corrected chi connectivity index (χ4v) is 2.67. The number of aliphatic hydroxyl groups excluding tert-OH is 1. The van der Waals surface area contributed by atoms with Crippen molar-refractivity contribution in [1.82, 2.24) is 10.2 Å². The summed E-state index contributed by atoms with van der Waals surface area (Å²) in [6, 6.07) is 3.17. The molecule has 2 heterocycles. The number of halogens is 1. The van der Waals surface area contributed by atoms with Crippen LogP contribution in [0.2, 0.25) is 0 Å². The molecule has 24 heavy (non-hydrogen) atoms. The second-order valence-electron chi connectivity index (χ2n) is 5.20. The standard InChI is InChI=1S/C13H8FN3O7/c14-13(4-7(18)9(19)15-12(13)22)16-10(20)5-2-1-3-6(17(23)24)8(5)11(16)21/h1-3,7,18H,4H2,(H,15,19,22). The molecule has 10 nitrogen and oxygen atoms in total. The van der Waals surface area contributed by atoms with Gasteiger partial charge >= 0.3 is 0 Å². The first-order chi connectivity index (χ1) is 11.2. The second-order valence-corrected chi connectivity index (χ2v) is 5.20. The Balaban J connectivity index is 2.12. The van der Waals surface area contributed by atoms with Crippen molar-refractivity contribution in [2.45, 2.75) is 18.3 Å². The summed E-state index contributed by atoms with van der Waals surface area (Å²) in [6.45, 7) is 0. The lowest BCUT2D eigenvalue weighted by atomic mass is 9.99. The molecular weight excluding hydrogens is 329 g/mol. The molecule has 2 N–H and O–H groups in total. The van der Waals surface area contributed by atoms with Gasteiger partial charge in [-0.3, -0.25) is 34.6 Å². The van der Waals surface area contributed by atoms with Crippen molar-refractivity contribution in [1.29, 1.82) is 0 Å². The molecule has 0 spiro atoms. The number of piperidine rings is 1. The normalized spacial score (nSPS) is 26.4. The number of rotatable bonds is 2. The van der Waals surface area contributed by atoms with Crippen LogP contribution in [0.4, 0.5) is 10.1 Å². The maximum absolute atomic E-state index is 15.1. The number of hydrogen-bond acceptors (Lipinski definition) is 7. The number of imide groups is 2. The third kappa shape index (κ3) is 1.91. The van der Waals surface area contributed by atoms with Crippen molar-refractivity contribution < 1.29 is 33.6 Å². The summed E-state index contributed by atoms with van der Waals surface area (Å²) < 4.78 is 15.1. The van der Waals surface area contributed by atoms with Crippen LogP contribution in [0.3, 0.4) is 0 Å². The third-order valence-corrected chi connectivity index (χ3v) is 3.80. The predicted molar refractivity (Wildman–Crippen MR) is 71.2 cm³/mol. The zero-order chi connectivity index (χ0) is 17.8. The van der Waals surface area contributed by atoms with Crippen molar-refractivity contribution in [2.24, 2.45) is 0 Å². The number of alkyl halides is 1. The van der Waals surface area contributed by atoms with Gasteiger partial charge in [0.15, 0.2) is 0 Å². The zero-order valence-corrected chi connectivity index (χ0v) is 11.7. The molecule has 0 bridgehead atoms. The molecule has 2 aliphatic heterocycles. The van der Waals surface area contributed by atoms with E-state index in [9.17, 15) is 34.4 Å². The van der Waals surface area contributed by atoms with Crippen molar-refractivity contribution in [3.05, 3.63) is 39.4 Å². The first kappa shape index (κ1) is 15.7. The van der Waals surface area contributed by atoms with Crippen LogP contribution in [0.1, 0.15) is 27.1 Å². The maximum atomic E-state index is 15.1. The molecule has 2 unspecified atom stereocenters. The summed E-state index contributed by atoms with van der Waals surface area (Å²) in [5.41, 5.74) is -1.81. The Morgan fingerprint density at radius 1 is 1.29 bits per heavy atom. The van der Waals surface area contributed by atoms with Crippen LogP contribution in [0, 0.1) is 10.1 Å². The van der Waals surface area contributed by atoms with Crippen LogP contribution >= 0.6 is 0 Å². The largest absolute Gasteiger partial charge is 0.383 e. The molecule has 1 saturated heterocycles. The number of nitro benzene ring substituents is 1. The maximum Gasteiger partial charge on any atom is 0.286 e. The molecule has 2 atom stereocenters. The number of carbonyl (C=O) groups excluding carboxylic acids is 4. The molecule has 0 aromatic heterocycles. The van der Waals surface area contributed by atoms with Crippen LogP contribution in [0.5, 0.6) is 0 Å². The first-order valence-electron chi connectivity index (χ1n) is 6.57. The molecule has 4 amide bonds. The Morgan fingerprint density at radius 3 is 2.58 bits per heavy atom. The molecule has 124 valence electrons. The van der Waals surface area contributed by atoms with E-state index in [0.717, 1.165) is 18.2 Å². The monoisotopic (exact) mass is 337 g/mol. The van der Waals surface area contributed by atoms with Crippen LogP contribution < -0.4 is 5.32 Å². The molecule has 0 aliphatic carbocycles. The fourth-order valence-electron chi connectivity index (χ4n) is 2.67. The third-order valence-electron chi connectivity index (χ3n) is 3.80. The van der Waals surface area contributed by atoms with Gasteiger partial charge < -0.3 is 5.11 Å². The summed E-state index contributed by atoms with van der Waals surface area (Å²) in [7, 11) is 0. The number of nitro groups is 1. The summed E-state index contributed by atoms with van der Waals surface area (Å²) in [6.07, 6.45) is -3.12. The fraction of sp³-hybridized carbons (Fsp3) is 0.231. The highest BCUT2D eigenvalue weighted by Gasteiger charge is 2.59. The Kier molecular flexibility index (Phi) is 3.20. The number of benzene rings is 1. The van der Waals surface area contributed by atoms with Crippen LogP contribution in [-0.4, -0.2) is 50.5 Å². The van der Waals surface area contributed by atoms with E-state index >= 15 is 4.39 Å². The van der Waals surface area contributed by atoms with Gasteiger partial charge in [-0.25, -0.2) is 9.29 Å². The van der Waals surface area contributed by atoms with Crippen molar-refractivity contribution >= 4 is 29.3 Å². The summed E-state index contributed by atoms with van der Waals surface area (Å²) in [5.74, 6) is -8.76. The van der Waals surface area contributed by atoms with Gasteiger partial charge in [0.1, 0.15) is 11.7 Å². The number of amides is 4. The lowest BCUT2D eigenvalue weighted by Gasteiger charge is -2.35. The minimum absolute atomic E-state index is 0.102. The highest BCUT2D eigenvalue weighted by Crippen LogP contribution is 2.38. The van der Waals surface area contributed by atoms with Crippen LogP contribution in [0.25, 0.3) is 0 Å². The zero-order valence-electron chi connectivity index (χ0n) is 11.7. The van der Waals surface area contributed by atoms with E-state index in [-0.39, 0.29) is 4.90 Å². The van der Waals surface area contributed by atoms with Gasteiger partial charge in [-0.1, -0.05) is 6.07 Å². The molecule has 11 heteroatoms. The van der Waals surface area contributed by atoms with Gasteiger partial charge in [0.25, 0.3) is 35.1 Å². The van der Waals surface area contributed by atoms with Gasteiger partial charge in [-0.15, -0.1) is 0 Å². The molecule has 1 aromatic rings. The quantitative estimate of drug-likeness (QED) is 0.313. The minimum Gasteiger partial charge on any atom is -0.383 e. The van der Waals surface area contributed by atoms with Crippen molar-refractivity contribution in [3.63, 3.8) is 0 Å². The molecule has 2 aliphatic rings. The molecule has 3 rings (SSSR count). The molecular formula is C13H8FN3O7. The van der Waals surface area contributed by atoms with E-state index in [1.165, 1.54) is 5.32 Å². The topological polar surface area (TPSA) is 147 Å². The van der Waals surface area contributed by atoms with Crippen LogP contribution in [0.15, 0.2) is 18.2 Å². The number of nitrogens with one attached hydrogen (secondary N) is 1. The molecule has 0 saturated carbocycles. The van der Waals surface area contributed by atoms with Gasteiger partial charge in [-0.05, 0) is 6.07 Å². The average molecular weight is 337 g/mol. The minimum atomic E-state index is -3.34. The van der Waals surface area contributed by atoms with E-state index in [1.54, 1.807) is 0 Å². The Hall–Kier alpha value is -3.21. The van der Waals surface area contributed by atoms with E-state index in [4.69, 9.17) is 0 Å². The number of carbonyl (C=O) groups is 4. The lowest BCUT2D eigenvalue weighted by Crippen LogP contribution is -2.65. The smallest absolute Gasteiger partial charge is 0.286 e. The van der Waals surface area contributed by atoms with E-state index < -0.39 is 63.7 Å². The molecule has 1 fully saturated rings. The van der Waals surface area contributed by atoms with Crippen LogP contribution in [-0.2, 0) is 9.59 Å². The second kappa shape index (κ2) is 4.89. The summed E-state index contributed by atoms with van der Waals surface area (Å²) in [4.78, 5) is 57.7. The number of hydrogen-bond donors (Lipinski definition) is 2. The predicted octanol–water partition coefficient (Wildman–Crippen LogP) is -0.736. The van der Waals surface area contributed by atoms with Gasteiger partial charge in [-0.2, -0.15) is 0 Å². The average Bonchev–Trinajstić information content (AvgIpc) is 2.77. The highest BCUT2D eigenvalue weighted by molar-refractivity contribution is 6.25. The summed E-state index contributed by atoms with van der Waals surface area (Å²) >= 11 is 0. The Bertz CT molecular complexity index is 839. The SMILES string of the molecule is O=C1NC(=O)C(F)(N2C(=O)c3cccc([N+](=O)[O-])c3C2=O)CC1O. The van der Waals surface area contributed by atoms with Gasteiger partial charge in [0.2, 0.25) is 0 Å². The number of aliphatic hydroxyl groups is 1. The number of fused-ring (bicyclic) bond motifs is 1. The first-order valence-corrected chi connectivity index (χ1v) is 6.57. The Labute approximate surface area is 132 Å². The number of nitrogens with zero attached hydrogens (tertiary/aromatic N) is 2. The molecule has 0 radical (unpaired) electrons. The lowest BCUT2D eigenvalue weighted by molar-refractivity contribution is -0.385. The Morgan fingerprint density at radius 2 is 1.96 bits per heavy atom. The molecule has 1 aromatic carbocycles.